The third kappa shape index (κ3) is 4.19. The van der Waals surface area contributed by atoms with E-state index in [1.54, 1.807) is 0 Å². The number of primary amides is 1. The molecule has 0 spiro atoms. The SMILES string of the molecule is C[C@@H]1CCCC[C@@H]1NC(=O)CNc1ccc(F)c(C(N)=O)c1. The Bertz CT molecular complexity index is 562. The lowest BCUT2D eigenvalue weighted by Crippen LogP contribution is -2.43. The molecule has 1 aliphatic carbocycles. The number of halogens is 1. The largest absolute Gasteiger partial charge is 0.376 e. The highest BCUT2D eigenvalue weighted by molar-refractivity contribution is 5.94. The van der Waals surface area contributed by atoms with Gasteiger partial charge in [-0.05, 0) is 37.0 Å². The predicted molar refractivity (Wildman–Crippen MR) is 83.0 cm³/mol. The minimum absolute atomic E-state index is 0.0764. The first-order chi connectivity index (χ1) is 10.5. The van der Waals surface area contributed by atoms with Gasteiger partial charge in [0.25, 0.3) is 5.91 Å². The third-order valence-corrected chi connectivity index (χ3v) is 4.14. The molecule has 2 amide bonds. The zero-order valence-electron chi connectivity index (χ0n) is 12.7. The zero-order valence-corrected chi connectivity index (χ0v) is 12.7. The summed E-state index contributed by atoms with van der Waals surface area (Å²) < 4.78 is 13.4. The molecule has 0 aliphatic heterocycles. The van der Waals surface area contributed by atoms with Gasteiger partial charge >= 0.3 is 0 Å². The summed E-state index contributed by atoms with van der Waals surface area (Å²) in [6.07, 6.45) is 4.51. The van der Waals surface area contributed by atoms with Crippen LogP contribution in [-0.4, -0.2) is 24.4 Å². The summed E-state index contributed by atoms with van der Waals surface area (Å²) in [4.78, 5) is 23.1. The molecule has 1 aromatic carbocycles. The van der Waals surface area contributed by atoms with E-state index in [1.165, 1.54) is 18.6 Å². The summed E-state index contributed by atoms with van der Waals surface area (Å²) in [7, 11) is 0. The topological polar surface area (TPSA) is 84.2 Å². The number of anilines is 1. The molecular formula is C16H22FN3O2. The van der Waals surface area contributed by atoms with Crippen molar-refractivity contribution in [2.24, 2.45) is 11.7 Å². The first-order valence-corrected chi connectivity index (χ1v) is 7.60. The lowest BCUT2D eigenvalue weighted by Gasteiger charge is -2.29. The third-order valence-electron chi connectivity index (χ3n) is 4.14. The molecule has 0 radical (unpaired) electrons. The maximum Gasteiger partial charge on any atom is 0.251 e. The van der Waals surface area contributed by atoms with Gasteiger partial charge in [0.2, 0.25) is 5.91 Å². The Morgan fingerprint density at radius 1 is 1.32 bits per heavy atom. The number of carbonyl (C=O) groups excluding carboxylic acids is 2. The molecule has 0 unspecified atom stereocenters. The second kappa shape index (κ2) is 7.24. The van der Waals surface area contributed by atoms with Crippen LogP contribution in [-0.2, 0) is 4.79 Å². The summed E-state index contributed by atoms with van der Waals surface area (Å²) in [6, 6.07) is 4.16. The van der Waals surface area contributed by atoms with E-state index in [0.717, 1.165) is 25.3 Å². The van der Waals surface area contributed by atoms with Crippen LogP contribution in [0.2, 0.25) is 0 Å². The maximum absolute atomic E-state index is 13.4. The van der Waals surface area contributed by atoms with Crippen LogP contribution in [0.4, 0.5) is 10.1 Å². The van der Waals surface area contributed by atoms with Gasteiger partial charge in [0.05, 0.1) is 12.1 Å². The first-order valence-electron chi connectivity index (χ1n) is 7.60. The fourth-order valence-electron chi connectivity index (χ4n) is 2.79. The highest BCUT2D eigenvalue weighted by atomic mass is 19.1. The molecule has 1 aliphatic rings. The van der Waals surface area contributed by atoms with Gasteiger partial charge in [-0.25, -0.2) is 4.39 Å². The molecule has 1 saturated carbocycles. The molecule has 6 heteroatoms. The van der Waals surface area contributed by atoms with Crippen LogP contribution in [0.1, 0.15) is 43.0 Å². The highest BCUT2D eigenvalue weighted by Crippen LogP contribution is 2.23. The Labute approximate surface area is 129 Å². The van der Waals surface area contributed by atoms with E-state index in [1.807, 2.05) is 0 Å². The summed E-state index contributed by atoms with van der Waals surface area (Å²) in [5.41, 5.74) is 5.39. The van der Waals surface area contributed by atoms with Gasteiger partial charge in [-0.1, -0.05) is 19.8 Å². The Morgan fingerprint density at radius 2 is 2.05 bits per heavy atom. The molecule has 0 heterocycles. The van der Waals surface area contributed by atoms with Crippen LogP contribution >= 0.6 is 0 Å². The second-order valence-corrected chi connectivity index (χ2v) is 5.85. The van der Waals surface area contributed by atoms with E-state index in [0.29, 0.717) is 11.6 Å². The standard InChI is InChI=1S/C16H22FN3O2/c1-10-4-2-3-5-14(10)20-15(21)9-19-11-6-7-13(17)12(8-11)16(18)22/h6-8,10,14,19H,2-5,9H2,1H3,(H2,18,22)(H,20,21)/t10-,14+/m1/s1. The number of carbonyl (C=O) groups is 2. The number of hydrogen-bond donors (Lipinski definition) is 3. The normalized spacial score (nSPS) is 21.2. The maximum atomic E-state index is 13.4. The van der Waals surface area contributed by atoms with Gasteiger partial charge in [0, 0.05) is 11.7 Å². The Hall–Kier alpha value is -2.11. The average molecular weight is 307 g/mol. The van der Waals surface area contributed by atoms with E-state index in [2.05, 4.69) is 17.6 Å². The van der Waals surface area contributed by atoms with Gasteiger partial charge < -0.3 is 16.4 Å². The second-order valence-electron chi connectivity index (χ2n) is 5.85. The molecule has 22 heavy (non-hydrogen) atoms. The van der Waals surface area contributed by atoms with Crippen molar-refractivity contribution in [3.05, 3.63) is 29.6 Å². The molecule has 0 aromatic heterocycles. The zero-order chi connectivity index (χ0) is 16.1. The Morgan fingerprint density at radius 3 is 2.73 bits per heavy atom. The molecule has 0 bridgehead atoms. The molecular weight excluding hydrogens is 285 g/mol. The van der Waals surface area contributed by atoms with Crippen molar-refractivity contribution in [2.75, 3.05) is 11.9 Å². The van der Waals surface area contributed by atoms with Crippen LogP contribution in [0.25, 0.3) is 0 Å². The van der Waals surface area contributed by atoms with Crippen LogP contribution in [0.3, 0.4) is 0 Å². The van der Waals surface area contributed by atoms with Gasteiger partial charge in [-0.3, -0.25) is 9.59 Å². The molecule has 4 N–H and O–H groups in total. The van der Waals surface area contributed by atoms with Crippen LogP contribution in [0.15, 0.2) is 18.2 Å². The smallest absolute Gasteiger partial charge is 0.251 e. The minimum atomic E-state index is -0.832. The van der Waals surface area contributed by atoms with Crippen molar-refractivity contribution in [3.8, 4) is 0 Å². The first kappa shape index (κ1) is 16.3. The number of nitrogens with two attached hydrogens (primary N) is 1. The molecule has 1 aromatic rings. The van der Waals surface area contributed by atoms with Crippen molar-refractivity contribution in [2.45, 2.75) is 38.6 Å². The van der Waals surface area contributed by atoms with Gasteiger partial charge in [-0.2, -0.15) is 0 Å². The highest BCUT2D eigenvalue weighted by Gasteiger charge is 2.22. The summed E-state index contributed by atoms with van der Waals surface area (Å²) in [6.45, 7) is 2.23. The number of nitrogens with one attached hydrogen (secondary N) is 2. The molecule has 5 nitrogen and oxygen atoms in total. The number of benzene rings is 1. The summed E-state index contributed by atoms with van der Waals surface area (Å²) >= 11 is 0. The monoisotopic (exact) mass is 307 g/mol. The van der Waals surface area contributed by atoms with Gasteiger partial charge in [-0.15, -0.1) is 0 Å². The van der Waals surface area contributed by atoms with E-state index in [9.17, 15) is 14.0 Å². The quantitative estimate of drug-likeness (QED) is 0.778. The summed E-state index contributed by atoms with van der Waals surface area (Å²) in [5.74, 6) is -1.12. The van der Waals surface area contributed by atoms with E-state index in [4.69, 9.17) is 5.73 Å². The van der Waals surface area contributed by atoms with Gasteiger partial charge in [0.1, 0.15) is 5.82 Å². The lowest BCUT2D eigenvalue weighted by molar-refractivity contribution is -0.120. The predicted octanol–water partition coefficient (Wildman–Crippen LogP) is 2.03. The number of rotatable bonds is 5. The lowest BCUT2D eigenvalue weighted by atomic mass is 9.86. The van der Waals surface area contributed by atoms with Crippen molar-refractivity contribution < 1.29 is 14.0 Å². The molecule has 0 saturated heterocycles. The molecule has 2 atom stereocenters. The van der Waals surface area contributed by atoms with Crippen LogP contribution < -0.4 is 16.4 Å². The van der Waals surface area contributed by atoms with E-state index in [-0.39, 0.29) is 24.1 Å². The van der Waals surface area contributed by atoms with Crippen molar-refractivity contribution in [3.63, 3.8) is 0 Å². The van der Waals surface area contributed by atoms with Crippen molar-refractivity contribution >= 4 is 17.5 Å². The van der Waals surface area contributed by atoms with Gasteiger partial charge in [0.15, 0.2) is 0 Å². The average Bonchev–Trinajstić information content (AvgIpc) is 2.48. The van der Waals surface area contributed by atoms with E-state index >= 15 is 0 Å². The molecule has 2 rings (SSSR count). The van der Waals surface area contributed by atoms with Crippen LogP contribution in [0.5, 0.6) is 0 Å². The fraction of sp³-hybridized carbons (Fsp3) is 0.500. The van der Waals surface area contributed by atoms with Crippen LogP contribution in [0, 0.1) is 11.7 Å². The Balaban J connectivity index is 1.88. The van der Waals surface area contributed by atoms with E-state index < -0.39 is 11.7 Å². The number of hydrogen-bond acceptors (Lipinski definition) is 3. The molecule has 1 fully saturated rings. The van der Waals surface area contributed by atoms with Crippen molar-refractivity contribution in [1.29, 1.82) is 0 Å². The molecule has 120 valence electrons. The van der Waals surface area contributed by atoms with Crippen molar-refractivity contribution in [1.82, 2.24) is 5.32 Å². The Kier molecular flexibility index (Phi) is 5.35. The fourth-order valence-corrected chi connectivity index (χ4v) is 2.79. The summed E-state index contributed by atoms with van der Waals surface area (Å²) in [5, 5.41) is 5.91. The number of amides is 2. The minimum Gasteiger partial charge on any atom is -0.376 e.